The molecule has 2 aliphatic carbocycles. The second-order valence-electron chi connectivity index (χ2n) is 10.7. The smallest absolute Gasteiger partial charge is 0.230 e. The van der Waals surface area contributed by atoms with Gasteiger partial charge in [-0.25, -0.2) is 0 Å². The van der Waals surface area contributed by atoms with Crippen molar-refractivity contribution >= 4 is 17.7 Å². The maximum atomic E-state index is 12.4. The Labute approximate surface area is 232 Å². The van der Waals surface area contributed by atoms with Crippen LogP contribution in [0.5, 0.6) is 0 Å². The second kappa shape index (κ2) is 16.7. The fourth-order valence-corrected chi connectivity index (χ4v) is 6.65. The number of fused-ring (bicyclic) bond motifs is 4. The molecule has 3 aliphatic rings. The SMILES string of the molecule is COCCOCCNC(=O)CSc1cc2nc(c1)CN[C@@H]1CCCC[C@H]1NCCN[C@@H]1CCCC[C@H]1NC2. The molecule has 2 bridgehead atoms. The zero-order valence-electron chi connectivity index (χ0n) is 23.1. The number of pyridine rings is 1. The van der Waals surface area contributed by atoms with Crippen molar-refractivity contribution in [2.45, 2.75) is 93.5 Å². The lowest BCUT2D eigenvalue weighted by atomic mass is 9.89. The molecule has 5 N–H and O–H groups in total. The summed E-state index contributed by atoms with van der Waals surface area (Å²) in [5, 5.41) is 18.2. The number of methoxy groups -OCH3 is 1. The fraction of sp³-hybridized carbons (Fsp3) is 0.786. The lowest BCUT2D eigenvalue weighted by Gasteiger charge is -2.34. The summed E-state index contributed by atoms with van der Waals surface area (Å²) in [6.45, 7) is 5.64. The molecule has 214 valence electrons. The highest BCUT2D eigenvalue weighted by molar-refractivity contribution is 8.00. The van der Waals surface area contributed by atoms with E-state index in [1.165, 1.54) is 51.4 Å². The van der Waals surface area contributed by atoms with Crippen LogP contribution in [0.25, 0.3) is 0 Å². The van der Waals surface area contributed by atoms with Gasteiger partial charge in [0.05, 0.1) is 37.0 Å². The number of hydrogen-bond acceptors (Lipinski definition) is 9. The first-order valence-electron chi connectivity index (χ1n) is 14.6. The highest BCUT2D eigenvalue weighted by Crippen LogP contribution is 2.23. The average molecular weight is 549 g/mol. The summed E-state index contributed by atoms with van der Waals surface area (Å²) in [6, 6.07) is 6.25. The van der Waals surface area contributed by atoms with E-state index >= 15 is 0 Å². The Kier molecular flexibility index (Phi) is 13.1. The van der Waals surface area contributed by atoms with Crippen LogP contribution in [0.4, 0.5) is 0 Å². The molecule has 9 nitrogen and oxygen atoms in total. The molecule has 0 spiro atoms. The number of amides is 1. The second-order valence-corrected chi connectivity index (χ2v) is 11.7. The number of aromatic nitrogens is 1. The van der Waals surface area contributed by atoms with Crippen LogP contribution in [0.2, 0.25) is 0 Å². The normalized spacial score (nSPS) is 26.9. The first-order valence-corrected chi connectivity index (χ1v) is 15.6. The van der Waals surface area contributed by atoms with Crippen molar-refractivity contribution in [2.75, 3.05) is 52.3 Å². The topological polar surface area (TPSA) is 109 Å². The zero-order chi connectivity index (χ0) is 26.4. The summed E-state index contributed by atoms with van der Waals surface area (Å²) in [5.41, 5.74) is 2.10. The predicted molar refractivity (Wildman–Crippen MR) is 152 cm³/mol. The van der Waals surface area contributed by atoms with Crippen LogP contribution in [0.1, 0.15) is 62.8 Å². The van der Waals surface area contributed by atoms with Crippen LogP contribution in [0, 0.1) is 0 Å². The van der Waals surface area contributed by atoms with E-state index in [0.717, 1.165) is 42.5 Å². The molecule has 0 saturated heterocycles. The molecule has 2 heterocycles. The molecule has 0 aromatic carbocycles. The molecule has 1 aliphatic heterocycles. The number of carbonyl (C=O) groups is 1. The van der Waals surface area contributed by atoms with E-state index < -0.39 is 0 Å². The first-order chi connectivity index (χ1) is 18.7. The molecule has 0 unspecified atom stereocenters. The minimum Gasteiger partial charge on any atom is -0.382 e. The van der Waals surface area contributed by atoms with Crippen LogP contribution in [0.3, 0.4) is 0 Å². The summed E-state index contributed by atoms with van der Waals surface area (Å²) in [7, 11) is 1.65. The molecule has 10 heteroatoms. The summed E-state index contributed by atoms with van der Waals surface area (Å²) in [4.78, 5) is 18.5. The molecule has 4 atom stereocenters. The lowest BCUT2D eigenvalue weighted by Crippen LogP contribution is -2.53. The first kappa shape index (κ1) is 29.7. The maximum Gasteiger partial charge on any atom is 0.230 e. The number of nitrogens with zero attached hydrogens (tertiary/aromatic N) is 1. The van der Waals surface area contributed by atoms with Gasteiger partial charge in [-0.3, -0.25) is 9.78 Å². The summed E-state index contributed by atoms with van der Waals surface area (Å²) < 4.78 is 10.4. The fourth-order valence-electron chi connectivity index (χ4n) is 5.82. The zero-order valence-corrected chi connectivity index (χ0v) is 23.9. The molecule has 4 rings (SSSR count). The quantitative estimate of drug-likeness (QED) is 0.234. The van der Waals surface area contributed by atoms with Crippen molar-refractivity contribution in [3.8, 4) is 0 Å². The van der Waals surface area contributed by atoms with E-state index in [1.807, 2.05) is 0 Å². The summed E-state index contributed by atoms with van der Waals surface area (Å²) >= 11 is 1.58. The minimum absolute atomic E-state index is 0.0205. The van der Waals surface area contributed by atoms with Crippen molar-refractivity contribution < 1.29 is 14.3 Å². The highest BCUT2D eigenvalue weighted by Gasteiger charge is 2.27. The molecule has 1 aromatic heterocycles. The Bertz CT molecular complexity index is 799. The van der Waals surface area contributed by atoms with Crippen LogP contribution in [-0.2, 0) is 27.4 Å². The van der Waals surface area contributed by atoms with Crippen molar-refractivity contribution in [1.29, 1.82) is 0 Å². The standard InChI is InChI=1S/C28H48N6O3S/c1-36-14-15-37-13-12-31-28(35)20-38-23-16-21-18-32-26-8-4-2-6-24(26)29-10-11-30-25-7-3-5-9-27(25)33-19-22(17-23)34-21/h16-17,24-27,29-30,32-33H,2-15,18-20H2,1H3,(H,31,35)/t24-,25-,26-,27-/m1/s1. The third kappa shape index (κ3) is 10.0. The van der Waals surface area contributed by atoms with E-state index in [9.17, 15) is 4.79 Å². The van der Waals surface area contributed by atoms with E-state index in [1.54, 1.807) is 18.9 Å². The number of rotatable bonds is 9. The minimum atomic E-state index is 0.0205. The predicted octanol–water partition coefficient (Wildman–Crippen LogP) is 1.95. The van der Waals surface area contributed by atoms with Gasteiger partial charge in [0.1, 0.15) is 0 Å². The largest absolute Gasteiger partial charge is 0.382 e. The molecule has 0 radical (unpaired) electrons. The van der Waals surface area contributed by atoms with Crippen LogP contribution in [-0.4, -0.2) is 87.4 Å². The Morgan fingerprint density at radius 3 is 1.97 bits per heavy atom. The van der Waals surface area contributed by atoms with Crippen molar-refractivity contribution in [1.82, 2.24) is 31.6 Å². The van der Waals surface area contributed by atoms with Gasteiger partial charge in [0.2, 0.25) is 5.91 Å². The molecule has 2 fully saturated rings. The van der Waals surface area contributed by atoms with Gasteiger partial charge < -0.3 is 36.1 Å². The van der Waals surface area contributed by atoms with Crippen LogP contribution >= 0.6 is 11.8 Å². The monoisotopic (exact) mass is 548 g/mol. The van der Waals surface area contributed by atoms with E-state index in [4.69, 9.17) is 14.5 Å². The number of nitrogens with one attached hydrogen (secondary N) is 5. The molecule has 1 aromatic rings. The van der Waals surface area contributed by atoms with Gasteiger partial charge in [-0.05, 0) is 37.8 Å². The van der Waals surface area contributed by atoms with Gasteiger partial charge in [-0.15, -0.1) is 11.8 Å². The third-order valence-electron chi connectivity index (χ3n) is 7.84. The Hall–Kier alpha value is -1.27. The van der Waals surface area contributed by atoms with Crippen molar-refractivity contribution in [3.63, 3.8) is 0 Å². The van der Waals surface area contributed by atoms with Crippen LogP contribution in [0.15, 0.2) is 17.0 Å². The molecule has 2 saturated carbocycles. The van der Waals surface area contributed by atoms with Gasteiger partial charge >= 0.3 is 0 Å². The summed E-state index contributed by atoms with van der Waals surface area (Å²) in [6.07, 6.45) is 10.0. The molecular weight excluding hydrogens is 500 g/mol. The number of ether oxygens (including phenoxy) is 2. The van der Waals surface area contributed by atoms with Gasteiger partial charge in [-0.2, -0.15) is 0 Å². The number of carbonyl (C=O) groups excluding carboxylic acids is 1. The Morgan fingerprint density at radius 2 is 1.42 bits per heavy atom. The van der Waals surface area contributed by atoms with Gasteiger partial charge in [0.25, 0.3) is 0 Å². The summed E-state index contributed by atoms with van der Waals surface area (Å²) in [5.74, 6) is 0.401. The van der Waals surface area contributed by atoms with Crippen molar-refractivity contribution in [2.24, 2.45) is 0 Å². The van der Waals surface area contributed by atoms with E-state index in [0.29, 0.717) is 56.3 Å². The lowest BCUT2D eigenvalue weighted by molar-refractivity contribution is -0.118. The van der Waals surface area contributed by atoms with Crippen LogP contribution < -0.4 is 26.6 Å². The molecule has 38 heavy (non-hydrogen) atoms. The van der Waals surface area contributed by atoms with E-state index in [2.05, 4.69) is 38.7 Å². The Balaban J connectivity index is 1.38. The molecule has 1 amide bonds. The average Bonchev–Trinajstić information content (AvgIpc) is 2.94. The maximum absolute atomic E-state index is 12.4. The number of thioether (sulfide) groups is 1. The van der Waals surface area contributed by atoms with Gasteiger partial charge in [0.15, 0.2) is 0 Å². The van der Waals surface area contributed by atoms with E-state index in [-0.39, 0.29) is 5.91 Å². The third-order valence-corrected chi connectivity index (χ3v) is 8.81. The Morgan fingerprint density at radius 1 is 0.868 bits per heavy atom. The van der Waals surface area contributed by atoms with Gasteiger partial charge in [0, 0.05) is 68.9 Å². The van der Waals surface area contributed by atoms with Crippen molar-refractivity contribution in [3.05, 3.63) is 23.5 Å². The highest BCUT2D eigenvalue weighted by atomic mass is 32.2. The van der Waals surface area contributed by atoms with Gasteiger partial charge in [-0.1, -0.05) is 25.7 Å². The number of hydrogen-bond donors (Lipinski definition) is 5. The molecular formula is C28H48N6O3S.